The summed E-state index contributed by atoms with van der Waals surface area (Å²) < 4.78 is 5.48. The fourth-order valence-corrected chi connectivity index (χ4v) is 2.95. The van der Waals surface area contributed by atoms with Crippen LogP contribution in [0.1, 0.15) is 30.9 Å². The van der Waals surface area contributed by atoms with Crippen LogP contribution < -0.4 is 15.4 Å². The SMILES string of the molecule is CCOc1ccc(NCC(=O)NC2(c3ccccc3)CC2)c(C)c1. The van der Waals surface area contributed by atoms with E-state index < -0.39 is 0 Å². The first-order valence-electron chi connectivity index (χ1n) is 8.47. The molecule has 1 aliphatic carbocycles. The predicted octanol–water partition coefficient (Wildman–Crippen LogP) is 3.61. The molecule has 2 aromatic carbocycles. The van der Waals surface area contributed by atoms with Crippen LogP contribution in [-0.4, -0.2) is 19.1 Å². The Morgan fingerprint density at radius 2 is 1.92 bits per heavy atom. The zero-order valence-corrected chi connectivity index (χ0v) is 14.3. The summed E-state index contributed by atoms with van der Waals surface area (Å²) >= 11 is 0. The van der Waals surface area contributed by atoms with Gasteiger partial charge in [0.1, 0.15) is 5.75 Å². The molecule has 24 heavy (non-hydrogen) atoms. The van der Waals surface area contributed by atoms with E-state index in [9.17, 15) is 4.79 Å². The molecule has 3 rings (SSSR count). The van der Waals surface area contributed by atoms with E-state index >= 15 is 0 Å². The Morgan fingerprint density at radius 3 is 2.54 bits per heavy atom. The average molecular weight is 324 g/mol. The van der Waals surface area contributed by atoms with Gasteiger partial charge in [-0.15, -0.1) is 0 Å². The second-order valence-corrected chi connectivity index (χ2v) is 6.26. The lowest BCUT2D eigenvalue weighted by atomic mass is 10.1. The van der Waals surface area contributed by atoms with Gasteiger partial charge >= 0.3 is 0 Å². The van der Waals surface area contributed by atoms with E-state index in [1.165, 1.54) is 5.56 Å². The van der Waals surface area contributed by atoms with Gasteiger partial charge in [-0.25, -0.2) is 0 Å². The highest BCUT2D eigenvalue weighted by atomic mass is 16.5. The van der Waals surface area contributed by atoms with Crippen molar-refractivity contribution in [3.63, 3.8) is 0 Å². The summed E-state index contributed by atoms with van der Waals surface area (Å²) in [7, 11) is 0. The highest BCUT2D eigenvalue weighted by molar-refractivity contribution is 5.82. The molecule has 0 aromatic heterocycles. The standard InChI is InChI=1S/C20H24N2O2/c1-3-24-17-9-10-18(15(2)13-17)21-14-19(23)22-20(11-12-20)16-7-5-4-6-8-16/h4-10,13,21H,3,11-12,14H2,1-2H3,(H,22,23). The van der Waals surface area contributed by atoms with Crippen LogP contribution in [0, 0.1) is 6.92 Å². The summed E-state index contributed by atoms with van der Waals surface area (Å²) in [6.07, 6.45) is 2.01. The number of ether oxygens (including phenoxy) is 1. The minimum Gasteiger partial charge on any atom is -0.494 e. The second kappa shape index (κ2) is 6.95. The number of hydrogen-bond acceptors (Lipinski definition) is 3. The van der Waals surface area contributed by atoms with Crippen LogP contribution in [0.3, 0.4) is 0 Å². The van der Waals surface area contributed by atoms with Gasteiger partial charge in [0.2, 0.25) is 5.91 Å². The predicted molar refractivity (Wildman–Crippen MR) is 96.3 cm³/mol. The number of hydrogen-bond donors (Lipinski definition) is 2. The molecule has 4 heteroatoms. The van der Waals surface area contributed by atoms with Crippen molar-refractivity contribution < 1.29 is 9.53 Å². The molecule has 0 saturated heterocycles. The molecular weight excluding hydrogens is 300 g/mol. The molecule has 1 aliphatic rings. The lowest BCUT2D eigenvalue weighted by Gasteiger charge is -2.19. The smallest absolute Gasteiger partial charge is 0.239 e. The van der Waals surface area contributed by atoms with Gasteiger partial charge in [0.05, 0.1) is 18.7 Å². The van der Waals surface area contributed by atoms with Crippen LogP contribution in [0.2, 0.25) is 0 Å². The number of amides is 1. The van der Waals surface area contributed by atoms with Crippen molar-refractivity contribution >= 4 is 11.6 Å². The molecule has 0 heterocycles. The Balaban J connectivity index is 1.57. The maximum Gasteiger partial charge on any atom is 0.239 e. The molecule has 2 N–H and O–H groups in total. The number of nitrogens with one attached hydrogen (secondary N) is 2. The number of carbonyl (C=O) groups is 1. The first-order chi connectivity index (χ1) is 11.6. The van der Waals surface area contributed by atoms with Gasteiger partial charge in [0.15, 0.2) is 0 Å². The van der Waals surface area contributed by atoms with E-state index in [1.54, 1.807) is 0 Å². The first-order valence-corrected chi connectivity index (χ1v) is 8.47. The monoisotopic (exact) mass is 324 g/mol. The van der Waals surface area contributed by atoms with Gasteiger partial charge in [-0.1, -0.05) is 30.3 Å². The van der Waals surface area contributed by atoms with Gasteiger partial charge in [0.25, 0.3) is 0 Å². The summed E-state index contributed by atoms with van der Waals surface area (Å²) in [4.78, 5) is 12.3. The molecule has 0 spiro atoms. The zero-order valence-electron chi connectivity index (χ0n) is 14.3. The summed E-state index contributed by atoms with van der Waals surface area (Å²) in [5, 5.41) is 6.40. The Hall–Kier alpha value is -2.49. The van der Waals surface area contributed by atoms with Crippen molar-refractivity contribution in [2.24, 2.45) is 0 Å². The maximum absolute atomic E-state index is 12.3. The Kier molecular flexibility index (Phi) is 4.74. The van der Waals surface area contributed by atoms with E-state index in [1.807, 2.05) is 50.2 Å². The van der Waals surface area contributed by atoms with Gasteiger partial charge in [-0.2, -0.15) is 0 Å². The number of aryl methyl sites for hydroxylation is 1. The highest BCUT2D eigenvalue weighted by Crippen LogP contribution is 2.45. The molecule has 0 atom stereocenters. The molecule has 0 radical (unpaired) electrons. The van der Waals surface area contributed by atoms with Crippen molar-refractivity contribution in [3.8, 4) is 5.75 Å². The van der Waals surface area contributed by atoms with Gasteiger partial charge < -0.3 is 15.4 Å². The van der Waals surface area contributed by atoms with Crippen molar-refractivity contribution in [1.29, 1.82) is 0 Å². The van der Waals surface area contributed by atoms with Crippen molar-refractivity contribution in [2.45, 2.75) is 32.2 Å². The first kappa shape index (κ1) is 16.4. The lowest BCUT2D eigenvalue weighted by Crippen LogP contribution is -2.38. The minimum atomic E-state index is -0.159. The number of anilines is 1. The largest absolute Gasteiger partial charge is 0.494 e. The second-order valence-electron chi connectivity index (χ2n) is 6.26. The minimum absolute atomic E-state index is 0.0182. The van der Waals surface area contributed by atoms with Gasteiger partial charge in [-0.3, -0.25) is 4.79 Å². The van der Waals surface area contributed by atoms with Crippen molar-refractivity contribution in [3.05, 3.63) is 59.7 Å². The molecule has 0 bridgehead atoms. The third-order valence-corrected chi connectivity index (χ3v) is 4.40. The van der Waals surface area contributed by atoms with E-state index in [-0.39, 0.29) is 18.0 Å². The molecule has 1 fully saturated rings. The van der Waals surface area contributed by atoms with Gasteiger partial charge in [-0.05, 0) is 56.0 Å². The Labute approximate surface area is 143 Å². The molecule has 126 valence electrons. The Morgan fingerprint density at radius 1 is 1.17 bits per heavy atom. The molecular formula is C20H24N2O2. The van der Waals surface area contributed by atoms with Crippen LogP contribution in [0.5, 0.6) is 5.75 Å². The topological polar surface area (TPSA) is 50.4 Å². The average Bonchev–Trinajstić information content (AvgIpc) is 3.36. The summed E-state index contributed by atoms with van der Waals surface area (Å²) in [5.74, 6) is 0.871. The lowest BCUT2D eigenvalue weighted by molar-refractivity contribution is -0.120. The fraction of sp³-hybridized carbons (Fsp3) is 0.350. The van der Waals surface area contributed by atoms with Crippen LogP contribution >= 0.6 is 0 Å². The molecule has 4 nitrogen and oxygen atoms in total. The molecule has 0 unspecified atom stereocenters. The van der Waals surface area contributed by atoms with Crippen LogP contribution in [-0.2, 0) is 10.3 Å². The summed E-state index contributed by atoms with van der Waals surface area (Å²) in [5.41, 5.74) is 3.06. The summed E-state index contributed by atoms with van der Waals surface area (Å²) in [6, 6.07) is 16.1. The van der Waals surface area contributed by atoms with E-state index in [0.717, 1.165) is 29.8 Å². The third-order valence-electron chi connectivity index (χ3n) is 4.40. The number of benzene rings is 2. The number of rotatable bonds is 7. The maximum atomic E-state index is 12.3. The van der Waals surface area contributed by atoms with Crippen LogP contribution in [0.15, 0.2) is 48.5 Å². The molecule has 0 aliphatic heterocycles. The third kappa shape index (κ3) is 3.70. The van der Waals surface area contributed by atoms with E-state index in [4.69, 9.17) is 4.74 Å². The quantitative estimate of drug-likeness (QED) is 0.818. The normalized spacial score (nSPS) is 14.8. The number of carbonyl (C=O) groups excluding carboxylic acids is 1. The fourth-order valence-electron chi connectivity index (χ4n) is 2.95. The van der Waals surface area contributed by atoms with Gasteiger partial charge in [0, 0.05) is 5.69 Å². The molecule has 1 amide bonds. The van der Waals surface area contributed by atoms with Crippen molar-refractivity contribution in [2.75, 3.05) is 18.5 Å². The summed E-state index contributed by atoms with van der Waals surface area (Å²) in [6.45, 7) is 4.89. The highest BCUT2D eigenvalue weighted by Gasteiger charge is 2.45. The van der Waals surface area contributed by atoms with Crippen LogP contribution in [0.25, 0.3) is 0 Å². The molecule has 2 aromatic rings. The van der Waals surface area contributed by atoms with E-state index in [0.29, 0.717) is 6.61 Å². The molecule has 1 saturated carbocycles. The Bertz CT molecular complexity index is 709. The van der Waals surface area contributed by atoms with E-state index in [2.05, 4.69) is 22.8 Å². The zero-order chi connectivity index (χ0) is 17.0. The van der Waals surface area contributed by atoms with Crippen molar-refractivity contribution in [1.82, 2.24) is 5.32 Å². The van der Waals surface area contributed by atoms with Crippen LogP contribution in [0.4, 0.5) is 5.69 Å².